The Hall–Kier alpha value is -2.70. The molecule has 1 fully saturated rings. The van der Waals surface area contributed by atoms with Crippen LogP contribution in [0.5, 0.6) is 0 Å². The molecule has 3 rings (SSSR count). The van der Waals surface area contributed by atoms with E-state index in [2.05, 4.69) is 32.3 Å². The summed E-state index contributed by atoms with van der Waals surface area (Å²) < 4.78 is 0. The molecule has 0 radical (unpaired) electrons. The fraction of sp³-hybridized carbons (Fsp3) is 0.375. The van der Waals surface area contributed by atoms with Gasteiger partial charge in [-0.05, 0) is 47.4 Å². The average molecular weight is 313 g/mol. The van der Waals surface area contributed by atoms with Gasteiger partial charge in [-0.3, -0.25) is 0 Å². The topological polar surface area (TPSA) is 84.2 Å². The molecule has 7 heteroatoms. The van der Waals surface area contributed by atoms with Crippen molar-refractivity contribution in [2.24, 2.45) is 0 Å². The van der Waals surface area contributed by atoms with Crippen LogP contribution in [0.25, 0.3) is 0 Å². The van der Waals surface area contributed by atoms with E-state index in [1.54, 1.807) is 6.07 Å². The Bertz CT molecular complexity index is 664. The van der Waals surface area contributed by atoms with E-state index in [9.17, 15) is 10.1 Å². The number of rotatable bonds is 4. The third-order valence-corrected chi connectivity index (χ3v) is 4.02. The van der Waals surface area contributed by atoms with Gasteiger partial charge in [-0.15, -0.1) is 0 Å². The molecule has 1 aliphatic rings. The van der Waals surface area contributed by atoms with Crippen molar-refractivity contribution >= 4 is 17.3 Å². The summed E-state index contributed by atoms with van der Waals surface area (Å²) in [6.07, 6.45) is 5.40. The Labute approximate surface area is 134 Å². The summed E-state index contributed by atoms with van der Waals surface area (Å²) in [5.41, 5.74) is 1.98. The highest BCUT2D eigenvalue weighted by molar-refractivity contribution is 5.45. The van der Waals surface area contributed by atoms with Gasteiger partial charge in [0.1, 0.15) is 5.82 Å². The highest BCUT2D eigenvalue weighted by atomic mass is 16.6. The molecule has 7 nitrogen and oxygen atoms in total. The van der Waals surface area contributed by atoms with Crippen LogP contribution in [0.2, 0.25) is 0 Å². The zero-order valence-electron chi connectivity index (χ0n) is 13.0. The highest BCUT2D eigenvalue weighted by Gasteiger charge is 2.20. The SMILES string of the molecule is Cc1ccc(N2CCC(Nc3ccc([N+](=O)[O-])nc3)CC2)nc1. The fourth-order valence-corrected chi connectivity index (χ4v) is 2.72. The normalized spacial score (nSPS) is 15.4. The van der Waals surface area contributed by atoms with Crippen LogP contribution in [0, 0.1) is 17.0 Å². The molecule has 0 atom stereocenters. The molecule has 120 valence electrons. The van der Waals surface area contributed by atoms with E-state index in [-0.39, 0.29) is 5.82 Å². The molecule has 2 aromatic rings. The molecule has 0 amide bonds. The van der Waals surface area contributed by atoms with E-state index in [0.29, 0.717) is 6.04 Å². The lowest BCUT2D eigenvalue weighted by atomic mass is 10.0. The van der Waals surface area contributed by atoms with Gasteiger partial charge in [0.2, 0.25) is 0 Å². The van der Waals surface area contributed by atoms with Crippen LogP contribution in [0.3, 0.4) is 0 Å². The lowest BCUT2D eigenvalue weighted by molar-refractivity contribution is -0.389. The van der Waals surface area contributed by atoms with Gasteiger partial charge in [0.25, 0.3) is 0 Å². The number of nitrogens with one attached hydrogen (secondary N) is 1. The number of pyridine rings is 2. The van der Waals surface area contributed by atoms with E-state index in [1.807, 2.05) is 13.1 Å². The maximum Gasteiger partial charge on any atom is 0.363 e. The molecule has 2 aromatic heterocycles. The molecule has 3 heterocycles. The third kappa shape index (κ3) is 3.74. The van der Waals surface area contributed by atoms with Crippen LogP contribution < -0.4 is 10.2 Å². The van der Waals surface area contributed by atoms with Crippen LogP contribution in [0.15, 0.2) is 36.7 Å². The number of nitrogens with zero attached hydrogens (tertiary/aromatic N) is 4. The number of anilines is 2. The summed E-state index contributed by atoms with van der Waals surface area (Å²) in [7, 11) is 0. The average Bonchev–Trinajstić information content (AvgIpc) is 2.57. The second-order valence-electron chi connectivity index (χ2n) is 5.76. The summed E-state index contributed by atoms with van der Waals surface area (Å²) in [6.45, 7) is 3.91. The van der Waals surface area contributed by atoms with E-state index < -0.39 is 4.92 Å². The highest BCUT2D eigenvalue weighted by Crippen LogP contribution is 2.21. The van der Waals surface area contributed by atoms with Crippen molar-refractivity contribution in [2.75, 3.05) is 23.3 Å². The molecular weight excluding hydrogens is 294 g/mol. The zero-order chi connectivity index (χ0) is 16.2. The Balaban J connectivity index is 1.54. The van der Waals surface area contributed by atoms with Crippen molar-refractivity contribution in [1.82, 2.24) is 9.97 Å². The van der Waals surface area contributed by atoms with Crippen molar-refractivity contribution in [1.29, 1.82) is 0 Å². The first kappa shape index (κ1) is 15.2. The lowest BCUT2D eigenvalue weighted by Gasteiger charge is -2.33. The van der Waals surface area contributed by atoms with Crippen LogP contribution in [0.1, 0.15) is 18.4 Å². The maximum atomic E-state index is 10.6. The van der Waals surface area contributed by atoms with E-state index >= 15 is 0 Å². The van der Waals surface area contributed by atoms with Crippen LogP contribution >= 0.6 is 0 Å². The standard InChI is InChI=1S/C16H19N5O2/c1-12-2-4-15(17-10-12)20-8-6-13(7-9-20)19-14-3-5-16(18-11-14)21(22)23/h2-5,10-11,13,19H,6-9H2,1H3. The van der Waals surface area contributed by atoms with Crippen LogP contribution in [0.4, 0.5) is 17.3 Å². The van der Waals surface area contributed by atoms with Gasteiger partial charge in [-0.1, -0.05) is 6.07 Å². The Kier molecular flexibility index (Phi) is 4.36. The molecule has 0 aliphatic carbocycles. The van der Waals surface area contributed by atoms with Gasteiger partial charge in [-0.25, -0.2) is 4.98 Å². The predicted octanol–water partition coefficient (Wildman–Crippen LogP) is 2.77. The first-order chi connectivity index (χ1) is 11.1. The molecule has 0 spiro atoms. The molecular formula is C16H19N5O2. The van der Waals surface area contributed by atoms with Crippen LogP contribution in [-0.2, 0) is 0 Å². The molecule has 1 aliphatic heterocycles. The smallest absolute Gasteiger partial charge is 0.363 e. The number of hydrogen-bond acceptors (Lipinski definition) is 6. The Morgan fingerprint density at radius 2 is 1.96 bits per heavy atom. The predicted molar refractivity (Wildman–Crippen MR) is 88.7 cm³/mol. The Morgan fingerprint density at radius 1 is 1.17 bits per heavy atom. The minimum Gasteiger partial charge on any atom is -0.379 e. The van der Waals surface area contributed by atoms with Crippen LogP contribution in [-0.4, -0.2) is 34.0 Å². The van der Waals surface area contributed by atoms with E-state index in [4.69, 9.17) is 0 Å². The minimum absolute atomic E-state index is 0.129. The molecule has 0 saturated carbocycles. The maximum absolute atomic E-state index is 10.6. The molecule has 0 aromatic carbocycles. The van der Waals surface area contributed by atoms with Crippen molar-refractivity contribution in [2.45, 2.75) is 25.8 Å². The van der Waals surface area contributed by atoms with E-state index in [0.717, 1.165) is 43.0 Å². The van der Waals surface area contributed by atoms with Gasteiger partial charge in [0.15, 0.2) is 6.20 Å². The second kappa shape index (κ2) is 6.60. The number of nitro groups is 1. The second-order valence-corrected chi connectivity index (χ2v) is 5.76. The minimum atomic E-state index is -0.489. The van der Waals surface area contributed by atoms with Crippen molar-refractivity contribution in [3.63, 3.8) is 0 Å². The number of piperidine rings is 1. The third-order valence-electron chi connectivity index (χ3n) is 4.02. The monoisotopic (exact) mass is 313 g/mol. The number of aryl methyl sites for hydroxylation is 1. The summed E-state index contributed by atoms with van der Waals surface area (Å²) >= 11 is 0. The summed E-state index contributed by atoms with van der Waals surface area (Å²) in [5, 5.41) is 14.0. The summed E-state index contributed by atoms with van der Waals surface area (Å²) in [5.74, 6) is 0.891. The van der Waals surface area contributed by atoms with Gasteiger partial charge >= 0.3 is 5.82 Å². The number of hydrogen-bond donors (Lipinski definition) is 1. The molecule has 23 heavy (non-hydrogen) atoms. The van der Waals surface area contributed by atoms with Gasteiger partial charge in [-0.2, -0.15) is 0 Å². The van der Waals surface area contributed by atoms with Gasteiger partial charge in [0, 0.05) is 31.4 Å². The molecule has 1 N–H and O–H groups in total. The molecule has 0 bridgehead atoms. The molecule has 0 unspecified atom stereocenters. The quantitative estimate of drug-likeness (QED) is 0.690. The van der Waals surface area contributed by atoms with Gasteiger partial charge < -0.3 is 20.3 Å². The molecule has 1 saturated heterocycles. The first-order valence-corrected chi connectivity index (χ1v) is 7.66. The largest absolute Gasteiger partial charge is 0.379 e. The zero-order valence-corrected chi connectivity index (χ0v) is 13.0. The van der Waals surface area contributed by atoms with E-state index in [1.165, 1.54) is 12.3 Å². The summed E-state index contributed by atoms with van der Waals surface area (Å²) in [4.78, 5) is 20.7. The Morgan fingerprint density at radius 3 is 2.52 bits per heavy atom. The lowest BCUT2D eigenvalue weighted by Crippen LogP contribution is -2.39. The first-order valence-electron chi connectivity index (χ1n) is 7.66. The van der Waals surface area contributed by atoms with Crippen molar-refractivity contribution in [3.8, 4) is 0 Å². The van der Waals surface area contributed by atoms with Gasteiger partial charge in [0.05, 0.1) is 5.69 Å². The van der Waals surface area contributed by atoms with Crippen molar-refractivity contribution < 1.29 is 4.92 Å². The number of aromatic nitrogens is 2. The summed E-state index contributed by atoms with van der Waals surface area (Å²) in [6, 6.07) is 7.62. The fourth-order valence-electron chi connectivity index (χ4n) is 2.72. The van der Waals surface area contributed by atoms with Crippen molar-refractivity contribution in [3.05, 3.63) is 52.3 Å².